The van der Waals surface area contributed by atoms with Gasteiger partial charge in [0.2, 0.25) is 0 Å². The minimum absolute atomic E-state index is 0.631. The van der Waals surface area contributed by atoms with Crippen LogP contribution < -0.4 is 5.73 Å². The Hall–Kier alpha value is -0.650. The van der Waals surface area contributed by atoms with Crippen molar-refractivity contribution in [1.29, 1.82) is 0 Å². The Balaban J connectivity index is 3.72. The molecule has 0 saturated heterocycles. The van der Waals surface area contributed by atoms with Gasteiger partial charge in [-0.3, -0.25) is 4.79 Å². The molecule has 0 aromatic rings. The highest BCUT2D eigenvalue weighted by Crippen LogP contribution is 1.87. The summed E-state index contributed by atoms with van der Waals surface area (Å²) in [5.41, 5.74) is 4.86. The van der Waals surface area contributed by atoms with Gasteiger partial charge in [-0.15, -0.1) is 0 Å². The Labute approximate surface area is 51.7 Å². The minimum Gasteiger partial charge on any atom is -0.480 e. The minimum atomic E-state index is -1.39. The number of aliphatic hydroxyl groups excluding tert-OH is 2. The third-order valence-corrected chi connectivity index (χ3v) is 0.887. The van der Waals surface area contributed by atoms with Crippen molar-refractivity contribution in [2.24, 2.45) is 5.73 Å². The Morgan fingerprint density at radius 1 is 1.67 bits per heavy atom. The molecule has 0 heterocycles. The van der Waals surface area contributed by atoms with Crippen LogP contribution in [0.4, 0.5) is 0 Å². The van der Waals surface area contributed by atoms with E-state index in [0.717, 1.165) is 0 Å². The van der Waals surface area contributed by atoms with Gasteiger partial charge in [0.25, 0.3) is 0 Å². The predicted octanol–water partition coefficient (Wildman–Crippen LogP) is -2.25. The Kier molecular flexibility index (Phi) is 3.15. The maximum absolute atomic E-state index is 9.90. The van der Waals surface area contributed by atoms with Gasteiger partial charge >= 0.3 is 5.97 Å². The number of hydrogen-bond donors (Lipinski definition) is 4. The van der Waals surface area contributed by atoms with Gasteiger partial charge in [0.1, 0.15) is 12.1 Å². The summed E-state index contributed by atoms with van der Waals surface area (Å²) >= 11 is 0. The zero-order valence-corrected chi connectivity index (χ0v) is 4.69. The molecule has 0 radical (unpaired) electrons. The van der Waals surface area contributed by atoms with Crippen LogP contribution in [-0.2, 0) is 4.79 Å². The van der Waals surface area contributed by atoms with Gasteiger partial charge in [0.15, 0.2) is 0 Å². The van der Waals surface area contributed by atoms with Crippen molar-refractivity contribution in [3.63, 3.8) is 0 Å². The number of carboxylic acid groups (broad SMARTS) is 1. The normalized spacial score (nSPS) is 16.8. The second-order valence-electron chi connectivity index (χ2n) is 1.61. The molecule has 5 heteroatoms. The molecule has 0 amide bonds. The van der Waals surface area contributed by atoms with Crippen molar-refractivity contribution < 1.29 is 20.1 Å². The smallest absolute Gasteiger partial charge is 0.323 e. The summed E-state index contributed by atoms with van der Waals surface area (Å²) in [6, 6.07) is -1.39. The molecule has 0 saturated carbocycles. The van der Waals surface area contributed by atoms with Crippen LogP contribution in [0.15, 0.2) is 0 Å². The molecule has 9 heavy (non-hydrogen) atoms. The molecule has 5 N–H and O–H groups in total. The summed E-state index contributed by atoms with van der Waals surface area (Å²) in [7, 11) is 0. The van der Waals surface area contributed by atoms with E-state index in [4.69, 9.17) is 21.1 Å². The van der Waals surface area contributed by atoms with Crippen molar-refractivity contribution in [3.05, 3.63) is 0 Å². The average molecular weight is 135 g/mol. The number of rotatable bonds is 3. The van der Waals surface area contributed by atoms with E-state index in [9.17, 15) is 4.79 Å². The average Bonchev–Trinajstić information content (AvgIpc) is 1.84. The molecule has 0 aliphatic carbocycles. The molecule has 2 unspecified atom stereocenters. The van der Waals surface area contributed by atoms with E-state index in [-0.39, 0.29) is 0 Å². The summed E-state index contributed by atoms with van der Waals surface area (Å²) in [6.07, 6.45) is -1.37. The first-order chi connectivity index (χ1) is 4.09. The lowest BCUT2D eigenvalue weighted by Crippen LogP contribution is -2.43. The highest BCUT2D eigenvalue weighted by molar-refractivity contribution is 5.73. The number of hydrogen-bond acceptors (Lipinski definition) is 4. The number of aliphatic carboxylic acids is 1. The third-order valence-electron chi connectivity index (χ3n) is 0.887. The van der Waals surface area contributed by atoms with Gasteiger partial charge in [0, 0.05) is 0 Å². The van der Waals surface area contributed by atoms with Crippen LogP contribution in [0.2, 0.25) is 0 Å². The Morgan fingerprint density at radius 2 is 2.11 bits per heavy atom. The molecule has 54 valence electrons. The monoisotopic (exact) mass is 135 g/mol. The summed E-state index contributed by atoms with van der Waals surface area (Å²) < 4.78 is 0. The molecule has 0 aromatic heterocycles. The summed E-state index contributed by atoms with van der Waals surface area (Å²) in [4.78, 5) is 9.90. The highest BCUT2D eigenvalue weighted by Gasteiger charge is 2.20. The largest absolute Gasteiger partial charge is 0.480 e. The van der Waals surface area contributed by atoms with Crippen LogP contribution in [0.3, 0.4) is 0 Å². The summed E-state index contributed by atoms with van der Waals surface area (Å²) in [5.74, 6) is -1.32. The molecule has 0 aliphatic heterocycles. The maximum atomic E-state index is 9.90. The van der Waals surface area contributed by atoms with Crippen molar-refractivity contribution in [3.8, 4) is 0 Å². The van der Waals surface area contributed by atoms with E-state index in [1.807, 2.05) is 0 Å². The zero-order chi connectivity index (χ0) is 7.44. The predicted molar refractivity (Wildman–Crippen MR) is 28.7 cm³/mol. The van der Waals surface area contributed by atoms with Crippen molar-refractivity contribution in [2.45, 2.75) is 12.1 Å². The third kappa shape index (κ3) is 2.41. The van der Waals surface area contributed by atoms with Gasteiger partial charge in [-0.25, -0.2) is 0 Å². The molecule has 0 spiro atoms. The van der Waals surface area contributed by atoms with Crippen LogP contribution in [0.25, 0.3) is 0 Å². The topological polar surface area (TPSA) is 104 Å². The second kappa shape index (κ2) is 3.39. The molecule has 0 bridgehead atoms. The highest BCUT2D eigenvalue weighted by atomic mass is 16.4. The number of aliphatic hydroxyl groups is 2. The summed E-state index contributed by atoms with van der Waals surface area (Å²) in [6.45, 7) is -0.631. The lowest BCUT2D eigenvalue weighted by atomic mass is 10.2. The molecule has 0 fully saturated rings. The van der Waals surface area contributed by atoms with Gasteiger partial charge in [-0.05, 0) is 0 Å². The SMILES string of the molecule is NC(C(=O)O)C(O)CO. The Bertz CT molecular complexity index is 105. The van der Waals surface area contributed by atoms with Gasteiger partial charge < -0.3 is 21.1 Å². The quantitative estimate of drug-likeness (QED) is 0.350. The van der Waals surface area contributed by atoms with Crippen molar-refractivity contribution in [2.75, 3.05) is 6.61 Å². The zero-order valence-electron chi connectivity index (χ0n) is 4.69. The van der Waals surface area contributed by atoms with Crippen LogP contribution >= 0.6 is 0 Å². The van der Waals surface area contributed by atoms with E-state index in [0.29, 0.717) is 0 Å². The first kappa shape index (κ1) is 8.35. The Morgan fingerprint density at radius 3 is 2.22 bits per heavy atom. The number of nitrogens with two attached hydrogens (primary N) is 1. The van der Waals surface area contributed by atoms with E-state index in [1.54, 1.807) is 0 Å². The summed E-state index contributed by atoms with van der Waals surface area (Å²) in [5, 5.41) is 24.8. The van der Waals surface area contributed by atoms with E-state index in [1.165, 1.54) is 0 Å². The standard InChI is InChI=1S/C4H9NO4/c5-3(4(8)9)2(7)1-6/h2-3,6-7H,1,5H2,(H,8,9). The first-order valence-electron chi connectivity index (χ1n) is 2.37. The first-order valence-corrected chi connectivity index (χ1v) is 2.37. The molecular weight excluding hydrogens is 126 g/mol. The molecule has 0 aliphatic rings. The fourth-order valence-electron chi connectivity index (χ4n) is 0.278. The number of carboxylic acids is 1. The van der Waals surface area contributed by atoms with Gasteiger partial charge in [0.05, 0.1) is 6.61 Å². The van der Waals surface area contributed by atoms with Gasteiger partial charge in [-0.1, -0.05) is 0 Å². The number of carbonyl (C=O) groups is 1. The lowest BCUT2D eigenvalue weighted by molar-refractivity contribution is -0.141. The van der Waals surface area contributed by atoms with Crippen LogP contribution in [-0.4, -0.2) is 40.0 Å². The van der Waals surface area contributed by atoms with Crippen LogP contribution in [0.1, 0.15) is 0 Å². The van der Waals surface area contributed by atoms with E-state index < -0.39 is 24.7 Å². The fourth-order valence-corrected chi connectivity index (χ4v) is 0.278. The molecule has 5 nitrogen and oxygen atoms in total. The molecule has 2 atom stereocenters. The maximum Gasteiger partial charge on any atom is 0.323 e. The molecule has 0 rings (SSSR count). The molecule has 0 aromatic carbocycles. The van der Waals surface area contributed by atoms with Gasteiger partial charge in [-0.2, -0.15) is 0 Å². The van der Waals surface area contributed by atoms with E-state index in [2.05, 4.69) is 0 Å². The lowest BCUT2D eigenvalue weighted by Gasteiger charge is -2.10. The van der Waals surface area contributed by atoms with Crippen LogP contribution in [0, 0.1) is 0 Å². The second-order valence-corrected chi connectivity index (χ2v) is 1.61. The van der Waals surface area contributed by atoms with Crippen LogP contribution in [0.5, 0.6) is 0 Å². The fraction of sp³-hybridized carbons (Fsp3) is 0.750. The van der Waals surface area contributed by atoms with Crippen molar-refractivity contribution in [1.82, 2.24) is 0 Å². The van der Waals surface area contributed by atoms with Crippen molar-refractivity contribution >= 4 is 5.97 Å². The van der Waals surface area contributed by atoms with E-state index >= 15 is 0 Å². The molecular formula is C4H9NO4.